The van der Waals surface area contributed by atoms with E-state index in [1.165, 1.54) is 14.0 Å². The van der Waals surface area contributed by atoms with E-state index >= 15 is 0 Å². The molecule has 0 aliphatic carbocycles. The van der Waals surface area contributed by atoms with Crippen LogP contribution in [0.25, 0.3) is 0 Å². The van der Waals surface area contributed by atoms with Crippen molar-refractivity contribution in [3.63, 3.8) is 0 Å². The van der Waals surface area contributed by atoms with E-state index in [0.717, 1.165) is 33.4 Å². The van der Waals surface area contributed by atoms with E-state index in [9.17, 15) is 27.6 Å². The molecule has 1 saturated heterocycles. The lowest BCUT2D eigenvalue weighted by molar-refractivity contribution is -0.131. The van der Waals surface area contributed by atoms with Gasteiger partial charge in [-0.05, 0) is 47.4 Å². The van der Waals surface area contributed by atoms with Gasteiger partial charge in [0.1, 0.15) is 24.4 Å². The first-order valence-corrected chi connectivity index (χ1v) is 17.4. The van der Waals surface area contributed by atoms with Gasteiger partial charge in [-0.1, -0.05) is 74.4 Å². The minimum atomic E-state index is -4.14. The van der Waals surface area contributed by atoms with Crippen molar-refractivity contribution in [3.8, 4) is 5.75 Å². The van der Waals surface area contributed by atoms with Crippen LogP contribution in [0.4, 0.5) is 5.69 Å². The Hall–Kier alpha value is -4.91. The average molecular weight is 678 g/mol. The van der Waals surface area contributed by atoms with Crippen molar-refractivity contribution in [2.75, 3.05) is 24.5 Å². The quantitative estimate of drug-likeness (QED) is 0.197. The highest BCUT2D eigenvalue weighted by molar-refractivity contribution is 7.91. The zero-order valence-corrected chi connectivity index (χ0v) is 28.3. The molecule has 0 saturated carbocycles. The zero-order chi connectivity index (χ0) is 34.7. The zero-order valence-electron chi connectivity index (χ0n) is 27.5. The molecule has 0 bridgehead atoms. The van der Waals surface area contributed by atoms with E-state index in [0.29, 0.717) is 29.1 Å². The molecule has 3 N–H and O–H groups in total. The third kappa shape index (κ3) is 9.57. The predicted octanol–water partition coefficient (Wildman–Crippen LogP) is 2.87. The SMILES string of the molecule is CCCCCNC(=O)[C@H](Cc1ccc(N2CC(=O)N(Cc3ccc(OC)cc3)S2(=O)=O)cc1)NC(=O)C(Cc1ccccc1)NC(C)=O. The van der Waals surface area contributed by atoms with Crippen LogP contribution in [0.15, 0.2) is 78.9 Å². The standard InChI is InChI=1S/C35H43N5O7S/c1-4-5-9-20-36-34(43)31(38-35(44)32(37-25(2)41)21-26-10-7-6-8-11-26)22-27-12-16-29(17-13-27)39-24-33(42)40(48(39,45)46)23-28-14-18-30(47-3)19-15-28/h6-8,10-19,31-32H,4-5,9,20-24H2,1-3H3,(H,36,43)(H,37,41)(H,38,44)/t31-,32?/m0/s1. The number of methoxy groups -OCH3 is 1. The molecule has 3 aromatic carbocycles. The number of nitrogens with one attached hydrogen (secondary N) is 3. The molecule has 3 aromatic rings. The number of amides is 4. The number of nitrogens with zero attached hydrogens (tertiary/aromatic N) is 2. The molecule has 1 heterocycles. The Kier molecular flexibility index (Phi) is 12.6. The van der Waals surface area contributed by atoms with Crippen LogP contribution in [0.1, 0.15) is 49.8 Å². The van der Waals surface area contributed by atoms with Crippen molar-refractivity contribution < 1.29 is 32.3 Å². The van der Waals surface area contributed by atoms with Crippen LogP contribution >= 0.6 is 0 Å². The number of unbranched alkanes of at least 4 members (excludes halogenated alkanes) is 2. The Morgan fingerprint density at radius 2 is 1.42 bits per heavy atom. The summed E-state index contributed by atoms with van der Waals surface area (Å²) in [6.07, 6.45) is 3.07. The van der Waals surface area contributed by atoms with E-state index in [-0.39, 0.29) is 37.7 Å². The molecule has 48 heavy (non-hydrogen) atoms. The summed E-state index contributed by atoms with van der Waals surface area (Å²) in [4.78, 5) is 51.6. The fourth-order valence-electron chi connectivity index (χ4n) is 5.35. The molecule has 1 unspecified atom stereocenters. The maximum atomic E-state index is 13.5. The molecule has 0 aromatic heterocycles. The van der Waals surface area contributed by atoms with Crippen molar-refractivity contribution in [2.45, 2.75) is 64.6 Å². The lowest BCUT2D eigenvalue weighted by atomic mass is 10.0. The molecule has 4 rings (SSSR count). The number of ether oxygens (including phenoxy) is 1. The normalized spacial score (nSPS) is 15.0. The summed E-state index contributed by atoms with van der Waals surface area (Å²) in [5, 5.41) is 8.41. The lowest BCUT2D eigenvalue weighted by Gasteiger charge is -2.24. The van der Waals surface area contributed by atoms with Gasteiger partial charge in [0.05, 0.1) is 19.3 Å². The Bertz CT molecular complexity index is 1670. The van der Waals surface area contributed by atoms with Crippen LogP contribution in [0.2, 0.25) is 0 Å². The van der Waals surface area contributed by atoms with E-state index in [4.69, 9.17) is 4.74 Å². The van der Waals surface area contributed by atoms with Gasteiger partial charge in [0.15, 0.2) is 0 Å². The first kappa shape index (κ1) is 35.9. The monoisotopic (exact) mass is 677 g/mol. The number of hydrogen-bond acceptors (Lipinski definition) is 7. The van der Waals surface area contributed by atoms with Gasteiger partial charge in [-0.3, -0.25) is 19.2 Å². The van der Waals surface area contributed by atoms with Crippen LogP contribution in [0, 0.1) is 0 Å². The molecule has 2 atom stereocenters. The highest BCUT2D eigenvalue weighted by atomic mass is 32.2. The van der Waals surface area contributed by atoms with Crippen LogP contribution in [0.5, 0.6) is 5.75 Å². The molecule has 256 valence electrons. The molecular formula is C35H43N5O7S. The van der Waals surface area contributed by atoms with E-state index < -0.39 is 34.1 Å². The number of hydrogen-bond donors (Lipinski definition) is 3. The van der Waals surface area contributed by atoms with E-state index in [2.05, 4.69) is 22.9 Å². The molecule has 13 heteroatoms. The molecule has 1 aliphatic heterocycles. The van der Waals surface area contributed by atoms with Gasteiger partial charge >= 0.3 is 10.2 Å². The molecule has 0 spiro atoms. The second-order valence-electron chi connectivity index (χ2n) is 11.6. The maximum Gasteiger partial charge on any atom is 0.329 e. The van der Waals surface area contributed by atoms with Gasteiger partial charge in [0.2, 0.25) is 17.7 Å². The van der Waals surface area contributed by atoms with Crippen LogP contribution in [0.3, 0.4) is 0 Å². The third-order valence-corrected chi connectivity index (χ3v) is 9.74. The summed E-state index contributed by atoms with van der Waals surface area (Å²) < 4.78 is 33.8. The molecule has 12 nitrogen and oxygen atoms in total. The van der Waals surface area contributed by atoms with Crippen molar-refractivity contribution in [1.29, 1.82) is 0 Å². The van der Waals surface area contributed by atoms with E-state index in [1.54, 1.807) is 48.5 Å². The van der Waals surface area contributed by atoms with Crippen molar-refractivity contribution in [1.82, 2.24) is 20.3 Å². The number of carbonyl (C=O) groups is 4. The lowest BCUT2D eigenvalue weighted by Crippen LogP contribution is -2.55. The van der Waals surface area contributed by atoms with Gasteiger partial charge in [-0.25, -0.2) is 8.61 Å². The van der Waals surface area contributed by atoms with Crippen molar-refractivity contribution in [2.24, 2.45) is 0 Å². The smallest absolute Gasteiger partial charge is 0.329 e. The molecular weight excluding hydrogens is 634 g/mol. The molecule has 1 aliphatic rings. The minimum Gasteiger partial charge on any atom is -0.497 e. The van der Waals surface area contributed by atoms with Gasteiger partial charge < -0.3 is 20.7 Å². The van der Waals surface area contributed by atoms with Crippen LogP contribution in [-0.4, -0.2) is 68.6 Å². The summed E-state index contributed by atoms with van der Waals surface area (Å²) in [5.41, 5.74) is 2.43. The number of benzene rings is 3. The van der Waals surface area contributed by atoms with Gasteiger partial charge in [-0.15, -0.1) is 0 Å². The predicted molar refractivity (Wildman–Crippen MR) is 182 cm³/mol. The molecule has 4 amide bonds. The topological polar surface area (TPSA) is 154 Å². The maximum absolute atomic E-state index is 13.5. The fraction of sp³-hybridized carbons (Fsp3) is 0.371. The number of rotatable bonds is 16. The van der Waals surface area contributed by atoms with Crippen molar-refractivity contribution in [3.05, 3.63) is 95.6 Å². The summed E-state index contributed by atoms with van der Waals surface area (Å²) in [5.74, 6) is -1.18. The van der Waals surface area contributed by atoms with E-state index in [1.807, 2.05) is 30.3 Å². The fourth-order valence-corrected chi connectivity index (χ4v) is 6.88. The summed E-state index contributed by atoms with van der Waals surface area (Å²) >= 11 is 0. The first-order valence-electron chi connectivity index (χ1n) is 16.0. The Morgan fingerprint density at radius 1 is 0.812 bits per heavy atom. The summed E-state index contributed by atoms with van der Waals surface area (Å²) in [7, 11) is -2.61. The van der Waals surface area contributed by atoms with Gasteiger partial charge in [0, 0.05) is 26.3 Å². The van der Waals surface area contributed by atoms with Gasteiger partial charge in [-0.2, -0.15) is 8.42 Å². The number of carbonyl (C=O) groups excluding carboxylic acids is 4. The van der Waals surface area contributed by atoms with Crippen molar-refractivity contribution >= 4 is 39.5 Å². The van der Waals surface area contributed by atoms with Crippen LogP contribution < -0.4 is 25.0 Å². The highest BCUT2D eigenvalue weighted by Crippen LogP contribution is 2.28. The second-order valence-corrected chi connectivity index (χ2v) is 13.4. The Labute approximate surface area is 282 Å². The summed E-state index contributed by atoms with van der Waals surface area (Å²) in [6.45, 7) is 3.38. The largest absolute Gasteiger partial charge is 0.497 e. The van der Waals surface area contributed by atoms with Gasteiger partial charge in [0.25, 0.3) is 5.91 Å². The second kappa shape index (κ2) is 16.8. The Morgan fingerprint density at radius 3 is 2.02 bits per heavy atom. The van der Waals surface area contributed by atoms with Crippen LogP contribution in [-0.2, 0) is 48.8 Å². The first-order chi connectivity index (χ1) is 23.0. The third-order valence-electron chi connectivity index (χ3n) is 7.95. The number of anilines is 1. The average Bonchev–Trinajstić information content (AvgIpc) is 3.30. The minimum absolute atomic E-state index is 0.110. The highest BCUT2D eigenvalue weighted by Gasteiger charge is 2.42. The Balaban J connectivity index is 1.49. The molecule has 1 fully saturated rings. The molecule has 0 radical (unpaired) electrons. The summed E-state index contributed by atoms with van der Waals surface area (Å²) in [6, 6.07) is 20.7.